The zero-order valence-corrected chi connectivity index (χ0v) is 8.63. The third kappa shape index (κ3) is 4.88. The van der Waals surface area contributed by atoms with Crippen LogP contribution in [0.2, 0.25) is 0 Å². The van der Waals surface area contributed by atoms with Crippen LogP contribution < -0.4 is 0 Å². The van der Waals surface area contributed by atoms with E-state index in [-0.39, 0.29) is 0 Å². The standard InChI is InChI=1S/C6H4ClNO.C5H5N/c7-6(9)5-2-1-3-8-4-5;1-2-4-6-5-3-1/h1-4H;1-5H. The molecule has 2 heterocycles. The first-order valence-electron chi connectivity index (χ1n) is 4.25. The normalized spacial score (nSPS) is 8.60. The van der Waals surface area contributed by atoms with E-state index in [9.17, 15) is 4.79 Å². The molecule has 0 aliphatic heterocycles. The van der Waals surface area contributed by atoms with Gasteiger partial charge in [0, 0.05) is 24.8 Å². The van der Waals surface area contributed by atoms with Gasteiger partial charge in [0.2, 0.25) is 0 Å². The van der Waals surface area contributed by atoms with Crippen molar-refractivity contribution >= 4 is 16.8 Å². The van der Waals surface area contributed by atoms with Crippen LogP contribution >= 0.6 is 11.6 Å². The molecule has 15 heavy (non-hydrogen) atoms. The van der Waals surface area contributed by atoms with Gasteiger partial charge >= 0.3 is 0 Å². The molecule has 4 heteroatoms. The van der Waals surface area contributed by atoms with Crippen LogP contribution in [0.5, 0.6) is 0 Å². The van der Waals surface area contributed by atoms with Crippen LogP contribution in [0.1, 0.15) is 10.4 Å². The summed E-state index contributed by atoms with van der Waals surface area (Å²) in [5.41, 5.74) is 0.430. The predicted octanol–water partition coefficient (Wildman–Crippen LogP) is 2.54. The molecule has 0 fully saturated rings. The Hall–Kier alpha value is -1.74. The molecular weight excluding hydrogens is 212 g/mol. The molecule has 2 aromatic rings. The van der Waals surface area contributed by atoms with E-state index in [1.54, 1.807) is 30.7 Å². The van der Waals surface area contributed by atoms with Gasteiger partial charge in [-0.25, -0.2) is 0 Å². The second-order valence-electron chi connectivity index (χ2n) is 2.54. The zero-order valence-electron chi connectivity index (χ0n) is 7.88. The van der Waals surface area contributed by atoms with Gasteiger partial charge < -0.3 is 0 Å². The molecule has 0 radical (unpaired) electrons. The summed E-state index contributed by atoms with van der Waals surface area (Å²) in [5.74, 6) is 0. The monoisotopic (exact) mass is 220 g/mol. The predicted molar refractivity (Wildman–Crippen MR) is 58.7 cm³/mol. The second-order valence-corrected chi connectivity index (χ2v) is 2.88. The molecule has 0 amide bonds. The van der Waals surface area contributed by atoms with Crippen molar-refractivity contribution in [3.05, 3.63) is 60.7 Å². The van der Waals surface area contributed by atoms with Gasteiger partial charge in [0.15, 0.2) is 0 Å². The van der Waals surface area contributed by atoms with E-state index in [2.05, 4.69) is 9.97 Å². The molecule has 0 spiro atoms. The Kier molecular flexibility index (Phi) is 5.04. The summed E-state index contributed by atoms with van der Waals surface area (Å²) >= 11 is 5.12. The molecule has 76 valence electrons. The van der Waals surface area contributed by atoms with Crippen molar-refractivity contribution in [2.45, 2.75) is 0 Å². The highest BCUT2D eigenvalue weighted by molar-refractivity contribution is 6.67. The van der Waals surface area contributed by atoms with Crippen molar-refractivity contribution in [3.8, 4) is 0 Å². The highest BCUT2D eigenvalue weighted by Gasteiger charge is 1.97. The molecule has 0 unspecified atom stereocenters. The number of halogens is 1. The summed E-state index contributed by atoms with van der Waals surface area (Å²) in [5, 5.41) is -0.469. The summed E-state index contributed by atoms with van der Waals surface area (Å²) in [6.07, 6.45) is 6.51. The molecule has 0 aliphatic rings. The van der Waals surface area contributed by atoms with Crippen molar-refractivity contribution in [2.24, 2.45) is 0 Å². The van der Waals surface area contributed by atoms with Gasteiger partial charge in [0.05, 0.1) is 5.56 Å². The minimum atomic E-state index is -0.469. The first-order valence-corrected chi connectivity index (χ1v) is 4.63. The number of carbonyl (C=O) groups excluding carboxylic acids is 1. The third-order valence-electron chi connectivity index (χ3n) is 1.45. The minimum absolute atomic E-state index is 0.430. The molecule has 2 rings (SSSR count). The van der Waals surface area contributed by atoms with Crippen molar-refractivity contribution in [1.29, 1.82) is 0 Å². The zero-order chi connectivity index (χ0) is 10.9. The Morgan fingerprint density at radius 3 is 1.93 bits per heavy atom. The quantitative estimate of drug-likeness (QED) is 0.694. The Balaban J connectivity index is 0.000000162. The minimum Gasteiger partial charge on any atom is -0.276 e. The smallest absolute Gasteiger partial charge is 0.253 e. The van der Waals surface area contributed by atoms with E-state index in [0.29, 0.717) is 5.56 Å². The fraction of sp³-hybridized carbons (Fsp3) is 0. The summed E-state index contributed by atoms with van der Waals surface area (Å²) in [6.45, 7) is 0. The van der Waals surface area contributed by atoms with Gasteiger partial charge in [-0.3, -0.25) is 14.8 Å². The second kappa shape index (κ2) is 6.68. The van der Waals surface area contributed by atoms with Gasteiger partial charge in [-0.05, 0) is 35.9 Å². The van der Waals surface area contributed by atoms with Gasteiger partial charge in [-0.15, -0.1) is 0 Å². The maximum absolute atomic E-state index is 10.4. The van der Waals surface area contributed by atoms with E-state index in [4.69, 9.17) is 11.6 Å². The van der Waals surface area contributed by atoms with Gasteiger partial charge in [-0.1, -0.05) is 6.07 Å². The number of nitrogens with zero attached hydrogens (tertiary/aromatic N) is 2. The summed E-state index contributed by atoms with van der Waals surface area (Å²) in [4.78, 5) is 17.9. The molecule has 0 saturated carbocycles. The van der Waals surface area contributed by atoms with E-state index in [1.807, 2.05) is 18.2 Å². The highest BCUT2D eigenvalue weighted by Crippen LogP contribution is 1.98. The van der Waals surface area contributed by atoms with E-state index < -0.39 is 5.24 Å². The van der Waals surface area contributed by atoms with Crippen LogP contribution in [0.3, 0.4) is 0 Å². The van der Waals surface area contributed by atoms with Crippen LogP contribution in [0.4, 0.5) is 0 Å². The average Bonchev–Trinajstić information content (AvgIpc) is 2.33. The fourth-order valence-corrected chi connectivity index (χ4v) is 0.903. The lowest BCUT2D eigenvalue weighted by molar-refractivity contribution is 0.108. The lowest BCUT2D eigenvalue weighted by atomic mass is 10.3. The molecule has 2 aromatic heterocycles. The first-order chi connectivity index (χ1) is 7.30. The molecule has 0 atom stereocenters. The summed E-state index contributed by atoms with van der Waals surface area (Å²) < 4.78 is 0. The number of hydrogen-bond acceptors (Lipinski definition) is 3. The Morgan fingerprint density at radius 1 is 1.00 bits per heavy atom. The van der Waals surface area contributed by atoms with Gasteiger partial charge in [-0.2, -0.15) is 0 Å². The lowest BCUT2D eigenvalue weighted by Gasteiger charge is -1.86. The summed E-state index contributed by atoms with van der Waals surface area (Å²) in [6, 6.07) is 8.99. The third-order valence-corrected chi connectivity index (χ3v) is 1.67. The molecule has 0 saturated heterocycles. The fourth-order valence-electron chi connectivity index (χ4n) is 0.792. The molecule has 0 aliphatic carbocycles. The average molecular weight is 221 g/mol. The molecule has 3 nitrogen and oxygen atoms in total. The van der Waals surface area contributed by atoms with Crippen molar-refractivity contribution < 1.29 is 4.79 Å². The lowest BCUT2D eigenvalue weighted by Crippen LogP contribution is -1.87. The topological polar surface area (TPSA) is 42.9 Å². The van der Waals surface area contributed by atoms with Crippen molar-refractivity contribution in [1.82, 2.24) is 9.97 Å². The van der Waals surface area contributed by atoms with Crippen LogP contribution in [0.25, 0.3) is 0 Å². The van der Waals surface area contributed by atoms with Crippen LogP contribution in [-0.4, -0.2) is 15.2 Å². The number of carbonyl (C=O) groups is 1. The molecule has 0 N–H and O–H groups in total. The maximum Gasteiger partial charge on any atom is 0.253 e. The maximum atomic E-state index is 10.4. The molecular formula is C11H9ClN2O. The van der Waals surface area contributed by atoms with Crippen molar-refractivity contribution in [3.63, 3.8) is 0 Å². The van der Waals surface area contributed by atoms with Gasteiger partial charge in [0.25, 0.3) is 5.24 Å². The largest absolute Gasteiger partial charge is 0.276 e. The Labute approximate surface area is 92.8 Å². The first kappa shape index (κ1) is 11.3. The molecule has 0 bridgehead atoms. The number of pyridine rings is 2. The van der Waals surface area contributed by atoms with E-state index >= 15 is 0 Å². The van der Waals surface area contributed by atoms with Crippen LogP contribution in [-0.2, 0) is 0 Å². The number of rotatable bonds is 1. The van der Waals surface area contributed by atoms with Crippen molar-refractivity contribution in [2.75, 3.05) is 0 Å². The van der Waals surface area contributed by atoms with E-state index in [1.165, 1.54) is 6.20 Å². The van der Waals surface area contributed by atoms with Crippen LogP contribution in [0, 0.1) is 0 Å². The summed E-state index contributed by atoms with van der Waals surface area (Å²) in [7, 11) is 0. The van der Waals surface area contributed by atoms with Gasteiger partial charge in [0.1, 0.15) is 0 Å². The Bertz CT molecular complexity index is 365. The number of aromatic nitrogens is 2. The van der Waals surface area contributed by atoms with Crippen LogP contribution in [0.15, 0.2) is 55.1 Å². The number of hydrogen-bond donors (Lipinski definition) is 0. The SMILES string of the molecule is O=C(Cl)c1cccnc1.c1ccncc1. The molecule has 0 aromatic carbocycles. The van der Waals surface area contributed by atoms with E-state index in [0.717, 1.165) is 0 Å². The highest BCUT2D eigenvalue weighted by atomic mass is 35.5. The Morgan fingerprint density at radius 2 is 1.67 bits per heavy atom.